The van der Waals surface area contributed by atoms with Crippen molar-refractivity contribution in [3.05, 3.63) is 59.1 Å². The third-order valence-corrected chi connectivity index (χ3v) is 3.45. The molecule has 22 heavy (non-hydrogen) atoms. The maximum atomic E-state index is 12.3. The van der Waals surface area contributed by atoms with Crippen LogP contribution in [0, 0.1) is 0 Å². The molecule has 0 aliphatic heterocycles. The topological polar surface area (TPSA) is 84.5 Å². The number of nitrogens with one attached hydrogen (secondary N) is 1. The normalized spacial score (nSPS) is 12.2. The van der Waals surface area contributed by atoms with Crippen molar-refractivity contribution in [2.24, 2.45) is 0 Å². The number of hydrogen-bond acceptors (Lipinski definition) is 4. The Kier molecular flexibility index (Phi) is 3.42. The van der Waals surface area contributed by atoms with Gasteiger partial charge in [-0.1, -0.05) is 24.3 Å². The van der Waals surface area contributed by atoms with Crippen molar-refractivity contribution < 1.29 is 14.3 Å². The lowest BCUT2D eigenvalue weighted by Crippen LogP contribution is -2.29. The molecule has 1 heterocycles. The predicted molar refractivity (Wildman–Crippen MR) is 81.9 cm³/mol. The van der Waals surface area contributed by atoms with Gasteiger partial charge in [0.25, 0.3) is 0 Å². The van der Waals surface area contributed by atoms with Crippen LogP contribution in [-0.4, -0.2) is 15.6 Å². The first-order valence-electron chi connectivity index (χ1n) is 6.77. The first-order chi connectivity index (χ1) is 10.6. The van der Waals surface area contributed by atoms with Crippen molar-refractivity contribution in [1.29, 1.82) is 0 Å². The molecule has 3 rings (SSSR count). The number of carbonyl (C=O) groups excluding carboxylic acids is 1. The number of hydrogen-bond donors (Lipinski definition) is 2. The van der Waals surface area contributed by atoms with Gasteiger partial charge in [0, 0.05) is 0 Å². The molecule has 1 aromatic heterocycles. The standard InChI is InChI=1S/C16H14N2O4/c1-10(15(20)17-11-6-2-4-8-13(11)19)18-12-7-3-5-9-14(12)22-16(18)21/h2-10,19H,1H3,(H,17,20). The Morgan fingerprint density at radius 2 is 1.86 bits per heavy atom. The zero-order chi connectivity index (χ0) is 15.7. The van der Waals surface area contributed by atoms with Crippen LogP contribution in [-0.2, 0) is 4.79 Å². The zero-order valence-corrected chi connectivity index (χ0v) is 11.8. The lowest BCUT2D eigenvalue weighted by Gasteiger charge is -2.13. The molecule has 2 aromatic carbocycles. The Morgan fingerprint density at radius 1 is 1.18 bits per heavy atom. The van der Waals surface area contributed by atoms with Crippen LogP contribution < -0.4 is 11.1 Å². The molecule has 6 nitrogen and oxygen atoms in total. The van der Waals surface area contributed by atoms with Crippen molar-refractivity contribution in [1.82, 2.24) is 4.57 Å². The van der Waals surface area contributed by atoms with Gasteiger partial charge in [-0.3, -0.25) is 9.36 Å². The average Bonchev–Trinajstić information content (AvgIpc) is 2.84. The molecule has 3 aromatic rings. The Hall–Kier alpha value is -3.02. The van der Waals surface area contributed by atoms with Gasteiger partial charge in [-0.25, -0.2) is 4.79 Å². The third kappa shape index (κ3) is 2.35. The summed E-state index contributed by atoms with van der Waals surface area (Å²) in [5, 5.41) is 12.3. The molecular formula is C16H14N2O4. The number of anilines is 1. The molecule has 2 N–H and O–H groups in total. The fraction of sp³-hybridized carbons (Fsp3) is 0.125. The van der Waals surface area contributed by atoms with E-state index < -0.39 is 17.7 Å². The predicted octanol–water partition coefficient (Wildman–Crippen LogP) is 2.50. The van der Waals surface area contributed by atoms with Crippen molar-refractivity contribution in [3.8, 4) is 5.75 Å². The fourth-order valence-corrected chi connectivity index (χ4v) is 2.28. The van der Waals surface area contributed by atoms with Crippen LogP contribution in [0.1, 0.15) is 13.0 Å². The highest BCUT2D eigenvalue weighted by molar-refractivity contribution is 5.95. The van der Waals surface area contributed by atoms with E-state index in [1.807, 2.05) is 0 Å². The van der Waals surface area contributed by atoms with E-state index in [0.717, 1.165) is 0 Å². The molecule has 0 saturated heterocycles. The smallest absolute Gasteiger partial charge is 0.420 e. The SMILES string of the molecule is CC(C(=O)Nc1ccccc1O)n1c(=O)oc2ccccc21. The summed E-state index contributed by atoms with van der Waals surface area (Å²) >= 11 is 0. The maximum Gasteiger partial charge on any atom is 0.420 e. The second kappa shape index (κ2) is 5.40. The number of fused-ring (bicyclic) bond motifs is 1. The van der Waals surface area contributed by atoms with Crippen LogP contribution in [0.3, 0.4) is 0 Å². The van der Waals surface area contributed by atoms with Gasteiger partial charge in [0.1, 0.15) is 11.8 Å². The second-order valence-corrected chi connectivity index (χ2v) is 4.89. The maximum absolute atomic E-state index is 12.3. The molecule has 1 amide bonds. The van der Waals surface area contributed by atoms with Gasteiger partial charge in [0.2, 0.25) is 5.91 Å². The van der Waals surface area contributed by atoms with E-state index in [9.17, 15) is 14.7 Å². The summed E-state index contributed by atoms with van der Waals surface area (Å²) in [5.41, 5.74) is 1.27. The number of phenols is 1. The van der Waals surface area contributed by atoms with Crippen LogP contribution in [0.5, 0.6) is 5.75 Å². The molecule has 0 spiro atoms. The van der Waals surface area contributed by atoms with Crippen LogP contribution in [0.4, 0.5) is 5.69 Å². The minimum absolute atomic E-state index is 0.0348. The van der Waals surface area contributed by atoms with Crippen LogP contribution in [0.2, 0.25) is 0 Å². The lowest BCUT2D eigenvalue weighted by molar-refractivity contribution is -0.118. The summed E-state index contributed by atoms with van der Waals surface area (Å²) in [4.78, 5) is 24.3. The zero-order valence-electron chi connectivity index (χ0n) is 11.8. The molecule has 0 aliphatic rings. The van der Waals surface area contributed by atoms with E-state index >= 15 is 0 Å². The van der Waals surface area contributed by atoms with Crippen LogP contribution in [0.15, 0.2) is 57.7 Å². The van der Waals surface area contributed by atoms with Gasteiger partial charge < -0.3 is 14.8 Å². The summed E-state index contributed by atoms with van der Waals surface area (Å²) in [6.07, 6.45) is 0. The van der Waals surface area contributed by atoms with Crippen molar-refractivity contribution >= 4 is 22.7 Å². The van der Waals surface area contributed by atoms with Gasteiger partial charge in [0.05, 0.1) is 11.2 Å². The quantitative estimate of drug-likeness (QED) is 0.728. The molecule has 0 fully saturated rings. The highest BCUT2D eigenvalue weighted by Gasteiger charge is 2.21. The van der Waals surface area contributed by atoms with E-state index in [0.29, 0.717) is 16.8 Å². The number of amides is 1. The largest absolute Gasteiger partial charge is 0.506 e. The molecule has 112 valence electrons. The second-order valence-electron chi connectivity index (χ2n) is 4.89. The van der Waals surface area contributed by atoms with Gasteiger partial charge in [0.15, 0.2) is 5.58 Å². The Labute approximate surface area is 125 Å². The molecule has 0 saturated carbocycles. The van der Waals surface area contributed by atoms with E-state index in [2.05, 4.69) is 5.32 Å². The molecule has 0 aliphatic carbocycles. The molecule has 1 atom stereocenters. The Bertz CT molecular complexity index is 894. The molecule has 0 radical (unpaired) electrons. The average molecular weight is 298 g/mol. The number of oxazole rings is 1. The summed E-state index contributed by atoms with van der Waals surface area (Å²) in [7, 11) is 0. The van der Waals surface area contributed by atoms with E-state index in [-0.39, 0.29) is 5.75 Å². The third-order valence-electron chi connectivity index (χ3n) is 3.45. The number of nitrogens with zero attached hydrogens (tertiary/aromatic N) is 1. The number of carbonyl (C=O) groups is 1. The van der Waals surface area contributed by atoms with E-state index in [1.54, 1.807) is 49.4 Å². The highest BCUT2D eigenvalue weighted by Crippen LogP contribution is 2.23. The minimum Gasteiger partial charge on any atom is -0.506 e. The first-order valence-corrected chi connectivity index (χ1v) is 6.77. The summed E-state index contributed by atoms with van der Waals surface area (Å²) in [5.74, 6) is -1.05. The monoisotopic (exact) mass is 298 g/mol. The fourth-order valence-electron chi connectivity index (χ4n) is 2.28. The van der Waals surface area contributed by atoms with E-state index in [1.165, 1.54) is 10.6 Å². The number of aromatic hydroxyl groups is 1. The van der Waals surface area contributed by atoms with Gasteiger partial charge in [-0.2, -0.15) is 0 Å². The number of para-hydroxylation sites is 4. The Balaban J connectivity index is 1.94. The van der Waals surface area contributed by atoms with Crippen molar-refractivity contribution in [2.45, 2.75) is 13.0 Å². The van der Waals surface area contributed by atoms with Gasteiger partial charge in [-0.05, 0) is 31.2 Å². The van der Waals surface area contributed by atoms with Crippen LogP contribution >= 0.6 is 0 Å². The van der Waals surface area contributed by atoms with E-state index in [4.69, 9.17) is 4.42 Å². The summed E-state index contributed by atoms with van der Waals surface area (Å²) in [6, 6.07) is 12.5. The molecular weight excluding hydrogens is 284 g/mol. The van der Waals surface area contributed by atoms with Gasteiger partial charge >= 0.3 is 5.76 Å². The number of benzene rings is 2. The number of phenolic OH excluding ortho intramolecular Hbond substituents is 1. The van der Waals surface area contributed by atoms with Crippen LogP contribution in [0.25, 0.3) is 11.1 Å². The first kappa shape index (κ1) is 13.9. The highest BCUT2D eigenvalue weighted by atomic mass is 16.4. The van der Waals surface area contributed by atoms with Crippen molar-refractivity contribution in [2.75, 3.05) is 5.32 Å². The summed E-state index contributed by atoms with van der Waals surface area (Å²) < 4.78 is 6.40. The summed E-state index contributed by atoms with van der Waals surface area (Å²) in [6.45, 7) is 1.60. The molecule has 1 unspecified atom stereocenters. The van der Waals surface area contributed by atoms with Crippen molar-refractivity contribution in [3.63, 3.8) is 0 Å². The molecule has 6 heteroatoms. The number of aromatic nitrogens is 1. The minimum atomic E-state index is -0.782. The molecule has 0 bridgehead atoms. The van der Waals surface area contributed by atoms with Gasteiger partial charge in [-0.15, -0.1) is 0 Å². The number of rotatable bonds is 3. The Morgan fingerprint density at radius 3 is 2.64 bits per heavy atom. The lowest BCUT2D eigenvalue weighted by atomic mass is 10.2.